The Balaban J connectivity index is 2.15. The smallest absolute Gasteiger partial charge is 0.146 e. The zero-order valence-electron chi connectivity index (χ0n) is 11.6. The first kappa shape index (κ1) is 16.4. The monoisotopic (exact) mass is 343 g/mol. The molecule has 0 radical (unpaired) electrons. The van der Waals surface area contributed by atoms with Crippen LogP contribution in [-0.4, -0.2) is 6.04 Å². The van der Waals surface area contributed by atoms with E-state index in [0.29, 0.717) is 26.6 Å². The molecular weight excluding hydrogens is 329 g/mol. The van der Waals surface area contributed by atoms with Crippen molar-refractivity contribution in [1.82, 2.24) is 0 Å². The highest BCUT2D eigenvalue weighted by Gasteiger charge is 2.08. The molecule has 21 heavy (non-hydrogen) atoms. The molecule has 5 heteroatoms. The van der Waals surface area contributed by atoms with Crippen molar-refractivity contribution >= 4 is 34.8 Å². The van der Waals surface area contributed by atoms with E-state index in [1.807, 2.05) is 18.2 Å². The number of benzene rings is 2. The summed E-state index contributed by atoms with van der Waals surface area (Å²) in [4.78, 5) is 0. The van der Waals surface area contributed by atoms with Crippen molar-refractivity contribution in [3.8, 4) is 11.5 Å². The Bertz CT molecular complexity index is 631. The van der Waals surface area contributed by atoms with Crippen molar-refractivity contribution in [2.45, 2.75) is 25.8 Å². The van der Waals surface area contributed by atoms with Crippen LogP contribution >= 0.6 is 34.8 Å². The average Bonchev–Trinajstić information content (AvgIpc) is 2.45. The maximum atomic E-state index is 6.25. The molecule has 112 valence electrons. The maximum absolute atomic E-state index is 6.25. The van der Waals surface area contributed by atoms with Crippen molar-refractivity contribution < 1.29 is 4.74 Å². The lowest BCUT2D eigenvalue weighted by atomic mass is 10.0. The van der Waals surface area contributed by atoms with E-state index < -0.39 is 0 Å². The number of nitrogens with two attached hydrogens (primary N) is 1. The van der Waals surface area contributed by atoms with Crippen LogP contribution in [0.1, 0.15) is 18.9 Å². The molecule has 0 fully saturated rings. The van der Waals surface area contributed by atoms with Gasteiger partial charge in [-0.25, -0.2) is 0 Å². The Hall–Kier alpha value is -0.930. The van der Waals surface area contributed by atoms with E-state index in [2.05, 4.69) is 6.92 Å². The molecule has 1 atom stereocenters. The lowest BCUT2D eigenvalue weighted by molar-refractivity contribution is 0.482. The number of rotatable bonds is 5. The van der Waals surface area contributed by atoms with Gasteiger partial charge >= 0.3 is 0 Å². The summed E-state index contributed by atoms with van der Waals surface area (Å²) < 4.78 is 5.72. The van der Waals surface area contributed by atoms with E-state index in [1.54, 1.807) is 18.2 Å². The van der Waals surface area contributed by atoms with Crippen LogP contribution in [0.3, 0.4) is 0 Å². The van der Waals surface area contributed by atoms with Gasteiger partial charge in [0.1, 0.15) is 11.5 Å². The maximum Gasteiger partial charge on any atom is 0.146 e. The molecule has 2 nitrogen and oxygen atoms in total. The Morgan fingerprint density at radius 3 is 2.38 bits per heavy atom. The van der Waals surface area contributed by atoms with Crippen LogP contribution in [0.15, 0.2) is 36.4 Å². The standard InChI is InChI=1S/C16H16Cl3NO/c1-2-11(20)7-10-3-6-16(15(19)8-10)21-12-4-5-13(17)14(18)9-12/h3-6,8-9,11H,2,7,20H2,1H3. The number of hydrogen-bond donors (Lipinski definition) is 1. The fourth-order valence-electron chi connectivity index (χ4n) is 1.87. The third kappa shape index (κ3) is 4.52. The normalized spacial score (nSPS) is 12.2. The summed E-state index contributed by atoms with van der Waals surface area (Å²) in [5.41, 5.74) is 7.04. The van der Waals surface area contributed by atoms with Crippen molar-refractivity contribution in [3.05, 3.63) is 57.0 Å². The molecule has 0 amide bonds. The molecule has 2 N–H and O–H groups in total. The van der Waals surface area contributed by atoms with E-state index in [0.717, 1.165) is 18.4 Å². The predicted molar refractivity (Wildman–Crippen MR) is 90.0 cm³/mol. The summed E-state index contributed by atoms with van der Waals surface area (Å²) in [5.74, 6) is 1.16. The van der Waals surface area contributed by atoms with Gasteiger partial charge in [-0.05, 0) is 42.7 Å². The van der Waals surface area contributed by atoms with Gasteiger partial charge in [0.05, 0.1) is 15.1 Å². The van der Waals surface area contributed by atoms with Crippen LogP contribution in [0.2, 0.25) is 15.1 Å². The lowest BCUT2D eigenvalue weighted by Crippen LogP contribution is -2.21. The van der Waals surface area contributed by atoms with Gasteiger partial charge in [-0.2, -0.15) is 0 Å². The first-order valence-corrected chi connectivity index (χ1v) is 7.80. The SMILES string of the molecule is CCC(N)Cc1ccc(Oc2ccc(Cl)c(Cl)c2)c(Cl)c1. The highest BCUT2D eigenvalue weighted by Crippen LogP contribution is 2.33. The summed E-state index contributed by atoms with van der Waals surface area (Å²) in [6.45, 7) is 2.06. The summed E-state index contributed by atoms with van der Waals surface area (Å²) in [6.07, 6.45) is 1.72. The minimum absolute atomic E-state index is 0.142. The van der Waals surface area contributed by atoms with Crippen LogP contribution in [0, 0.1) is 0 Å². The predicted octanol–water partition coefficient (Wildman–Crippen LogP) is 5.72. The largest absolute Gasteiger partial charge is 0.456 e. The molecule has 0 saturated carbocycles. The molecular formula is C16H16Cl3NO. The van der Waals surface area contributed by atoms with Crippen molar-refractivity contribution in [2.75, 3.05) is 0 Å². The topological polar surface area (TPSA) is 35.2 Å². The van der Waals surface area contributed by atoms with Gasteiger partial charge in [0, 0.05) is 12.1 Å². The minimum atomic E-state index is 0.142. The lowest BCUT2D eigenvalue weighted by Gasteiger charge is -2.12. The average molecular weight is 345 g/mol. The molecule has 0 saturated heterocycles. The molecule has 1 unspecified atom stereocenters. The van der Waals surface area contributed by atoms with E-state index in [1.165, 1.54) is 0 Å². The van der Waals surface area contributed by atoms with E-state index in [-0.39, 0.29) is 6.04 Å². The molecule has 0 aliphatic carbocycles. The molecule has 0 aliphatic rings. The fourth-order valence-corrected chi connectivity index (χ4v) is 2.40. The highest BCUT2D eigenvalue weighted by atomic mass is 35.5. The second-order valence-corrected chi connectivity index (χ2v) is 6.04. The molecule has 0 heterocycles. The Kier molecular flexibility index (Phi) is 5.77. The third-order valence-corrected chi connectivity index (χ3v) is 4.17. The van der Waals surface area contributed by atoms with E-state index in [9.17, 15) is 0 Å². The molecule has 0 spiro atoms. The van der Waals surface area contributed by atoms with Gasteiger partial charge in [0.25, 0.3) is 0 Å². The number of halogens is 3. The first-order chi connectivity index (χ1) is 9.99. The summed E-state index contributed by atoms with van der Waals surface area (Å²) in [7, 11) is 0. The van der Waals surface area contributed by atoms with Crippen LogP contribution in [0.25, 0.3) is 0 Å². The van der Waals surface area contributed by atoms with Gasteiger partial charge in [-0.3, -0.25) is 0 Å². The second kappa shape index (κ2) is 7.37. The highest BCUT2D eigenvalue weighted by molar-refractivity contribution is 6.42. The molecule has 0 aromatic heterocycles. The van der Waals surface area contributed by atoms with Crippen LogP contribution in [0.5, 0.6) is 11.5 Å². The molecule has 2 aromatic carbocycles. The molecule has 2 aromatic rings. The van der Waals surface area contributed by atoms with E-state index >= 15 is 0 Å². The second-order valence-electron chi connectivity index (χ2n) is 4.82. The number of ether oxygens (including phenoxy) is 1. The quantitative estimate of drug-likeness (QED) is 0.753. The van der Waals surface area contributed by atoms with Gasteiger partial charge in [-0.1, -0.05) is 47.8 Å². The van der Waals surface area contributed by atoms with Gasteiger partial charge in [0.2, 0.25) is 0 Å². The van der Waals surface area contributed by atoms with Crippen molar-refractivity contribution in [3.63, 3.8) is 0 Å². The van der Waals surface area contributed by atoms with E-state index in [4.69, 9.17) is 45.3 Å². The summed E-state index contributed by atoms with van der Waals surface area (Å²) in [6, 6.07) is 10.9. The number of hydrogen-bond acceptors (Lipinski definition) is 2. The molecule has 0 bridgehead atoms. The fraction of sp³-hybridized carbons (Fsp3) is 0.250. The molecule has 0 aliphatic heterocycles. The van der Waals surface area contributed by atoms with Crippen LogP contribution < -0.4 is 10.5 Å². The van der Waals surface area contributed by atoms with Crippen LogP contribution in [-0.2, 0) is 6.42 Å². The molecule has 2 rings (SSSR count). The van der Waals surface area contributed by atoms with Gasteiger partial charge in [-0.15, -0.1) is 0 Å². The zero-order chi connectivity index (χ0) is 15.4. The minimum Gasteiger partial charge on any atom is -0.456 e. The van der Waals surface area contributed by atoms with Crippen molar-refractivity contribution in [1.29, 1.82) is 0 Å². The van der Waals surface area contributed by atoms with Crippen LogP contribution in [0.4, 0.5) is 0 Å². The third-order valence-electron chi connectivity index (χ3n) is 3.14. The summed E-state index contributed by atoms with van der Waals surface area (Å²) in [5, 5.41) is 1.47. The van der Waals surface area contributed by atoms with Gasteiger partial charge < -0.3 is 10.5 Å². The van der Waals surface area contributed by atoms with Gasteiger partial charge in [0.15, 0.2) is 0 Å². The Morgan fingerprint density at radius 2 is 1.76 bits per heavy atom. The van der Waals surface area contributed by atoms with Crippen molar-refractivity contribution in [2.24, 2.45) is 5.73 Å². The Morgan fingerprint density at radius 1 is 1.00 bits per heavy atom. The Labute approximate surface area is 139 Å². The summed E-state index contributed by atoms with van der Waals surface area (Å²) >= 11 is 18.1. The first-order valence-electron chi connectivity index (χ1n) is 6.66. The zero-order valence-corrected chi connectivity index (χ0v) is 13.8.